The van der Waals surface area contributed by atoms with Gasteiger partial charge in [0.25, 0.3) is 23.6 Å². The number of rotatable bonds is 8. The third-order valence-corrected chi connectivity index (χ3v) is 10.4. The van der Waals surface area contributed by atoms with Crippen LogP contribution >= 0.6 is 23.2 Å². The number of alkyl halides is 6. The summed E-state index contributed by atoms with van der Waals surface area (Å²) < 4.78 is 82.8. The minimum Gasteiger partial charge on any atom is -0.337 e. The fraction of sp³-hybridized carbons (Fsp3) is 0.316. The van der Waals surface area contributed by atoms with Crippen LogP contribution in [0.1, 0.15) is 56.6 Å². The summed E-state index contributed by atoms with van der Waals surface area (Å²) in [5, 5.41) is 21.6. The summed E-state index contributed by atoms with van der Waals surface area (Å²) in [6.07, 6.45) is -6.34. The van der Waals surface area contributed by atoms with Crippen molar-refractivity contribution in [2.75, 3.05) is 23.9 Å². The summed E-state index contributed by atoms with van der Waals surface area (Å²) in [4.78, 5) is 60.7. The third-order valence-electron chi connectivity index (χ3n) is 9.91. The predicted octanol–water partition coefficient (Wildman–Crippen LogP) is 4.72. The number of fused-ring (bicyclic) bond motifs is 2. The molecule has 64 heavy (non-hydrogen) atoms. The molecule has 2 atom stereocenters. The lowest BCUT2D eigenvalue weighted by atomic mass is 10.2. The molecular weight excluding hydrogens is 901 g/mol. The smallest absolute Gasteiger partial charge is 0.337 e. The number of halogens is 8. The number of aryl methyl sites for hydroxylation is 2. The van der Waals surface area contributed by atoms with Gasteiger partial charge in [0.15, 0.2) is 11.4 Å². The molecular formula is C38H34Cl2F6N14O4. The van der Waals surface area contributed by atoms with Gasteiger partial charge in [0.1, 0.15) is 36.4 Å². The second kappa shape index (κ2) is 18.1. The minimum atomic E-state index is -4.62. The van der Waals surface area contributed by atoms with Crippen LogP contribution in [0.15, 0.2) is 73.3 Å². The van der Waals surface area contributed by atoms with E-state index in [1.54, 1.807) is 24.3 Å². The SMILES string of the molecule is CN1C(=O)[C@@H](NC(=O)c2ncn(Cc3ccc(Cl)cc3)n2)CCn2nc(C(F)(F)F)cc21.CN1C(=O)[C@H](NC(=O)c2ncn(Cc3ccc(Cl)cc3)n2)CCn2nc(C(F)(F)F)cc21. The van der Waals surface area contributed by atoms with E-state index in [0.717, 1.165) is 42.4 Å². The van der Waals surface area contributed by atoms with Gasteiger partial charge in [-0.25, -0.2) is 28.7 Å². The van der Waals surface area contributed by atoms with Crippen LogP contribution in [-0.4, -0.2) is 98.9 Å². The molecule has 0 aliphatic carbocycles. The molecule has 8 rings (SSSR count). The first-order valence-corrected chi connectivity index (χ1v) is 19.7. The Hall–Kier alpha value is -6.82. The molecule has 0 saturated heterocycles. The third kappa shape index (κ3) is 10.3. The van der Waals surface area contributed by atoms with Crippen LogP contribution in [0.4, 0.5) is 38.0 Å². The van der Waals surface area contributed by atoms with Crippen molar-refractivity contribution in [3.63, 3.8) is 0 Å². The maximum absolute atomic E-state index is 12.9. The number of nitrogens with one attached hydrogen (secondary N) is 2. The number of amides is 4. The number of hydrogen-bond acceptors (Lipinski definition) is 10. The van der Waals surface area contributed by atoms with E-state index in [1.807, 2.05) is 24.3 Å². The standard InChI is InChI=1S/2C19H17ClF3N7O2/c2*1-28-15-8-14(19(21,22)23)26-30(15)7-6-13(18(28)32)25-17(31)16-24-10-29(27-16)9-11-2-4-12(20)5-3-11/h2*2-5,8,10,13H,6-7,9H2,1H3,(H,25,31)/t2*13-/m10/s1. The predicted molar refractivity (Wildman–Crippen MR) is 214 cm³/mol. The largest absolute Gasteiger partial charge is 0.435 e. The molecule has 4 amide bonds. The van der Waals surface area contributed by atoms with E-state index in [9.17, 15) is 45.5 Å². The van der Waals surface area contributed by atoms with E-state index in [-0.39, 0.29) is 49.2 Å². The van der Waals surface area contributed by atoms with E-state index in [4.69, 9.17) is 23.2 Å². The van der Waals surface area contributed by atoms with Gasteiger partial charge in [0.05, 0.1) is 13.1 Å². The van der Waals surface area contributed by atoms with Crippen molar-refractivity contribution < 1.29 is 45.5 Å². The molecule has 2 N–H and O–H groups in total. The minimum absolute atomic E-state index is 0.00411. The van der Waals surface area contributed by atoms with Gasteiger partial charge in [-0.1, -0.05) is 47.5 Å². The summed E-state index contributed by atoms with van der Waals surface area (Å²) in [5.41, 5.74) is -0.353. The first kappa shape index (κ1) is 45.2. The van der Waals surface area contributed by atoms with Crippen molar-refractivity contribution >= 4 is 58.5 Å². The van der Waals surface area contributed by atoms with Gasteiger partial charge in [0.2, 0.25) is 11.6 Å². The Morgan fingerprint density at radius 3 is 1.33 bits per heavy atom. The number of hydrogen-bond donors (Lipinski definition) is 2. The maximum atomic E-state index is 12.9. The number of carbonyl (C=O) groups is 4. The van der Waals surface area contributed by atoms with Crippen molar-refractivity contribution in [2.24, 2.45) is 0 Å². The van der Waals surface area contributed by atoms with E-state index in [1.165, 1.54) is 36.1 Å². The fourth-order valence-electron chi connectivity index (χ4n) is 6.62. The Morgan fingerprint density at radius 2 is 0.984 bits per heavy atom. The average molecular weight is 936 g/mol. The fourth-order valence-corrected chi connectivity index (χ4v) is 6.87. The number of likely N-dealkylation sites (N-methyl/N-ethyl adjacent to an activating group) is 2. The second-order valence-electron chi connectivity index (χ2n) is 14.4. The molecule has 6 aromatic rings. The van der Waals surface area contributed by atoms with Gasteiger partial charge < -0.3 is 10.6 Å². The summed E-state index contributed by atoms with van der Waals surface area (Å²) in [7, 11) is 2.67. The molecule has 6 heterocycles. The molecule has 0 bridgehead atoms. The van der Waals surface area contributed by atoms with Crippen LogP contribution in [0.5, 0.6) is 0 Å². The Labute approximate surface area is 367 Å². The van der Waals surface area contributed by atoms with Crippen LogP contribution < -0.4 is 20.4 Å². The Kier molecular flexibility index (Phi) is 12.8. The van der Waals surface area contributed by atoms with Gasteiger partial charge in [-0.15, -0.1) is 10.2 Å². The highest BCUT2D eigenvalue weighted by atomic mass is 35.5. The monoisotopic (exact) mass is 934 g/mol. The number of nitrogens with zero attached hydrogens (tertiary/aromatic N) is 12. The van der Waals surface area contributed by atoms with Gasteiger partial charge in [-0.3, -0.25) is 29.0 Å². The first-order chi connectivity index (χ1) is 30.2. The molecule has 0 saturated carbocycles. The first-order valence-electron chi connectivity index (χ1n) is 19.0. The molecule has 2 aliphatic heterocycles. The lowest BCUT2D eigenvalue weighted by Gasteiger charge is -2.19. The number of anilines is 2. The molecule has 0 fully saturated rings. The van der Waals surface area contributed by atoms with Crippen molar-refractivity contribution in [2.45, 2.75) is 63.5 Å². The zero-order valence-electron chi connectivity index (χ0n) is 33.3. The van der Waals surface area contributed by atoms with E-state index in [0.29, 0.717) is 23.1 Å². The van der Waals surface area contributed by atoms with Gasteiger partial charge in [-0.2, -0.15) is 36.5 Å². The van der Waals surface area contributed by atoms with Gasteiger partial charge >= 0.3 is 12.4 Å². The van der Waals surface area contributed by atoms with E-state index >= 15 is 0 Å². The van der Waals surface area contributed by atoms with Crippen molar-refractivity contribution in [3.05, 3.63) is 118 Å². The number of carbonyl (C=O) groups excluding carboxylic acids is 4. The zero-order valence-corrected chi connectivity index (χ0v) is 34.9. The Balaban J connectivity index is 0.000000191. The second-order valence-corrected chi connectivity index (χ2v) is 15.3. The van der Waals surface area contributed by atoms with Crippen LogP contribution in [0.2, 0.25) is 10.0 Å². The van der Waals surface area contributed by atoms with Gasteiger partial charge in [0, 0.05) is 49.4 Å². The highest BCUT2D eigenvalue weighted by Crippen LogP contribution is 2.33. The highest BCUT2D eigenvalue weighted by Gasteiger charge is 2.40. The molecule has 2 aromatic carbocycles. The van der Waals surface area contributed by atoms with E-state index < -0.39 is 59.5 Å². The number of benzene rings is 2. The summed E-state index contributed by atoms with van der Waals surface area (Å²) >= 11 is 11.7. The molecule has 26 heteroatoms. The summed E-state index contributed by atoms with van der Waals surface area (Å²) in [5.74, 6) is -2.71. The van der Waals surface area contributed by atoms with Crippen molar-refractivity contribution in [1.82, 2.24) is 59.7 Å². The molecule has 18 nitrogen and oxygen atoms in total. The lowest BCUT2D eigenvalue weighted by molar-refractivity contribution is -0.142. The van der Waals surface area contributed by atoms with E-state index in [2.05, 4.69) is 41.0 Å². The normalized spacial score (nSPS) is 16.6. The van der Waals surface area contributed by atoms with Crippen molar-refractivity contribution in [3.8, 4) is 0 Å². The van der Waals surface area contributed by atoms with Crippen LogP contribution in [0.3, 0.4) is 0 Å². The maximum Gasteiger partial charge on any atom is 0.435 e. The summed E-state index contributed by atoms with van der Waals surface area (Å²) in [6.45, 7) is 0.770. The topological polar surface area (TPSA) is 196 Å². The molecule has 0 radical (unpaired) electrons. The summed E-state index contributed by atoms with van der Waals surface area (Å²) in [6, 6.07) is 13.9. The van der Waals surface area contributed by atoms with Crippen LogP contribution in [0.25, 0.3) is 0 Å². The average Bonchev–Trinajstić information content (AvgIpc) is 4.07. The quantitative estimate of drug-likeness (QED) is 0.202. The highest BCUT2D eigenvalue weighted by molar-refractivity contribution is 6.30. The molecule has 0 spiro atoms. The lowest BCUT2D eigenvalue weighted by Crippen LogP contribution is -2.47. The Bertz CT molecular complexity index is 2500. The Morgan fingerprint density at radius 1 is 0.625 bits per heavy atom. The van der Waals surface area contributed by atoms with Gasteiger partial charge in [-0.05, 0) is 48.2 Å². The molecule has 4 aromatic heterocycles. The molecule has 0 unspecified atom stereocenters. The van der Waals surface area contributed by atoms with Crippen LogP contribution in [-0.2, 0) is 48.1 Å². The zero-order chi connectivity index (χ0) is 46.1. The molecule has 2 aliphatic rings. The van der Waals surface area contributed by atoms with Crippen LogP contribution in [0, 0.1) is 0 Å². The molecule has 336 valence electrons. The van der Waals surface area contributed by atoms with Crippen molar-refractivity contribution in [1.29, 1.82) is 0 Å². The number of aromatic nitrogens is 10.